The molecule has 2 aromatic rings. The number of imidazole rings is 1. The fraction of sp³-hybridized carbons (Fsp3) is 0.333. The molecule has 0 bridgehead atoms. The predicted octanol–water partition coefficient (Wildman–Crippen LogP) is 1.59. The summed E-state index contributed by atoms with van der Waals surface area (Å²) in [5.41, 5.74) is 0.871. The van der Waals surface area contributed by atoms with Crippen molar-refractivity contribution in [2.45, 2.75) is 20.4 Å². The number of rotatable bonds is 1. The molecule has 0 atom stereocenters. The second-order valence-electron chi connectivity index (χ2n) is 3.12. The van der Waals surface area contributed by atoms with E-state index in [1.54, 1.807) is 10.8 Å². The van der Waals surface area contributed by atoms with Gasteiger partial charge in [-0.2, -0.15) is 0 Å². The topological polar surface area (TPSA) is 39.3 Å². The number of halogens is 1. The summed E-state index contributed by atoms with van der Waals surface area (Å²) in [6.07, 6.45) is 3.63. The van der Waals surface area contributed by atoms with Crippen LogP contribution in [0.1, 0.15) is 12.6 Å². The molecule has 14 heavy (non-hydrogen) atoms. The van der Waals surface area contributed by atoms with Crippen LogP contribution in [0.15, 0.2) is 21.7 Å². The molecule has 0 aliphatic carbocycles. The molecule has 0 spiro atoms. The first kappa shape index (κ1) is 9.45. The van der Waals surface area contributed by atoms with Gasteiger partial charge in [-0.3, -0.25) is 13.8 Å². The van der Waals surface area contributed by atoms with Crippen molar-refractivity contribution in [3.63, 3.8) is 0 Å². The third-order valence-corrected chi connectivity index (χ3v) is 2.64. The van der Waals surface area contributed by atoms with Crippen LogP contribution in [0.2, 0.25) is 0 Å². The van der Waals surface area contributed by atoms with Crippen LogP contribution in [0.4, 0.5) is 0 Å². The Bertz CT molecular complexity index is 541. The third-order valence-electron chi connectivity index (χ3n) is 2.09. The van der Waals surface area contributed by atoms with Crippen molar-refractivity contribution in [2.75, 3.05) is 0 Å². The van der Waals surface area contributed by atoms with Gasteiger partial charge in [0.05, 0.1) is 10.2 Å². The average molecular weight is 256 g/mol. The molecule has 0 unspecified atom stereocenters. The van der Waals surface area contributed by atoms with Gasteiger partial charge in [-0.1, -0.05) is 0 Å². The minimum absolute atomic E-state index is 0.0365. The SMILES string of the molecule is CCn1c(=O)c(Br)cn2cc(C)nc12. The highest BCUT2D eigenvalue weighted by Gasteiger charge is 2.07. The highest BCUT2D eigenvalue weighted by atomic mass is 79.9. The quantitative estimate of drug-likeness (QED) is 0.777. The van der Waals surface area contributed by atoms with E-state index in [0.717, 1.165) is 5.69 Å². The molecule has 0 saturated carbocycles. The molecule has 0 N–H and O–H groups in total. The van der Waals surface area contributed by atoms with Crippen molar-refractivity contribution in [1.29, 1.82) is 0 Å². The van der Waals surface area contributed by atoms with Gasteiger partial charge < -0.3 is 0 Å². The Hall–Kier alpha value is -1.10. The second kappa shape index (κ2) is 3.24. The number of nitrogens with zero attached hydrogens (tertiary/aromatic N) is 3. The molecule has 0 amide bonds. The van der Waals surface area contributed by atoms with Gasteiger partial charge in [-0.15, -0.1) is 0 Å². The average Bonchev–Trinajstić information content (AvgIpc) is 2.47. The standard InChI is InChI=1S/C9H10BrN3O/c1-3-13-8(14)7(10)5-12-4-6(2)11-9(12)13/h4-5H,3H2,1-2H3. The maximum atomic E-state index is 11.7. The third kappa shape index (κ3) is 1.28. The summed E-state index contributed by atoms with van der Waals surface area (Å²) in [6, 6.07) is 0. The Morgan fingerprint density at radius 3 is 2.86 bits per heavy atom. The number of aromatic nitrogens is 3. The molecule has 2 aromatic heterocycles. The number of hydrogen-bond acceptors (Lipinski definition) is 2. The summed E-state index contributed by atoms with van der Waals surface area (Å²) in [4.78, 5) is 16.0. The van der Waals surface area contributed by atoms with Crippen LogP contribution in [0.3, 0.4) is 0 Å². The van der Waals surface area contributed by atoms with E-state index in [9.17, 15) is 4.79 Å². The molecule has 0 aliphatic rings. The Labute approximate surface area is 89.3 Å². The van der Waals surface area contributed by atoms with Crippen molar-refractivity contribution in [3.8, 4) is 0 Å². The lowest BCUT2D eigenvalue weighted by Gasteiger charge is -2.04. The molecule has 0 aliphatic heterocycles. The lowest BCUT2D eigenvalue weighted by Crippen LogP contribution is -2.22. The van der Waals surface area contributed by atoms with E-state index < -0.39 is 0 Å². The van der Waals surface area contributed by atoms with E-state index in [0.29, 0.717) is 16.8 Å². The number of fused-ring (bicyclic) bond motifs is 1. The first-order chi connectivity index (χ1) is 6.63. The molecule has 4 nitrogen and oxygen atoms in total. The zero-order valence-electron chi connectivity index (χ0n) is 7.99. The summed E-state index contributed by atoms with van der Waals surface area (Å²) >= 11 is 3.24. The molecule has 2 heterocycles. The van der Waals surface area contributed by atoms with Crippen LogP contribution >= 0.6 is 15.9 Å². The largest absolute Gasteiger partial charge is 0.291 e. The van der Waals surface area contributed by atoms with Crippen molar-refractivity contribution >= 4 is 21.7 Å². The molecular weight excluding hydrogens is 246 g/mol. The van der Waals surface area contributed by atoms with Gasteiger partial charge in [-0.05, 0) is 29.8 Å². The first-order valence-corrected chi connectivity index (χ1v) is 5.17. The van der Waals surface area contributed by atoms with E-state index in [2.05, 4.69) is 20.9 Å². The Balaban J connectivity index is 2.95. The smallest absolute Gasteiger partial charge is 0.269 e. The van der Waals surface area contributed by atoms with Crippen LogP contribution in [0, 0.1) is 6.92 Å². The normalized spacial score (nSPS) is 11.1. The molecule has 2 rings (SSSR count). The molecule has 0 fully saturated rings. The van der Waals surface area contributed by atoms with E-state index in [-0.39, 0.29) is 5.56 Å². The van der Waals surface area contributed by atoms with Crippen molar-refractivity contribution < 1.29 is 0 Å². The highest BCUT2D eigenvalue weighted by molar-refractivity contribution is 9.10. The van der Waals surface area contributed by atoms with Gasteiger partial charge in [0, 0.05) is 18.9 Å². The van der Waals surface area contributed by atoms with Crippen LogP contribution in [-0.4, -0.2) is 14.0 Å². The molecular formula is C9H10BrN3O. The molecule has 0 saturated heterocycles. The summed E-state index contributed by atoms with van der Waals surface area (Å²) < 4.78 is 4.05. The molecule has 0 radical (unpaired) electrons. The maximum Gasteiger partial charge on any atom is 0.269 e. The Morgan fingerprint density at radius 1 is 1.50 bits per heavy atom. The zero-order valence-corrected chi connectivity index (χ0v) is 9.58. The van der Waals surface area contributed by atoms with Gasteiger partial charge >= 0.3 is 0 Å². The first-order valence-electron chi connectivity index (χ1n) is 4.38. The fourth-order valence-electron chi connectivity index (χ4n) is 1.48. The van der Waals surface area contributed by atoms with E-state index in [1.165, 1.54) is 0 Å². The van der Waals surface area contributed by atoms with E-state index in [1.807, 2.05) is 24.4 Å². The summed E-state index contributed by atoms with van der Waals surface area (Å²) in [5.74, 6) is 0.693. The summed E-state index contributed by atoms with van der Waals surface area (Å²) in [6.45, 7) is 4.46. The minimum atomic E-state index is -0.0365. The van der Waals surface area contributed by atoms with Gasteiger partial charge in [0.2, 0.25) is 5.78 Å². The van der Waals surface area contributed by atoms with Crippen molar-refractivity contribution in [3.05, 3.63) is 32.9 Å². The minimum Gasteiger partial charge on any atom is -0.291 e. The summed E-state index contributed by atoms with van der Waals surface area (Å²) in [7, 11) is 0. The molecule has 5 heteroatoms. The van der Waals surface area contributed by atoms with Crippen LogP contribution in [0.25, 0.3) is 5.78 Å². The van der Waals surface area contributed by atoms with Gasteiger partial charge in [0.25, 0.3) is 5.56 Å². The highest BCUT2D eigenvalue weighted by Crippen LogP contribution is 2.08. The number of hydrogen-bond donors (Lipinski definition) is 0. The summed E-state index contributed by atoms with van der Waals surface area (Å²) in [5, 5.41) is 0. The molecule has 74 valence electrons. The van der Waals surface area contributed by atoms with Gasteiger partial charge in [0.15, 0.2) is 0 Å². The Morgan fingerprint density at radius 2 is 2.21 bits per heavy atom. The van der Waals surface area contributed by atoms with Crippen molar-refractivity contribution in [2.24, 2.45) is 0 Å². The number of aryl methyl sites for hydroxylation is 2. The van der Waals surface area contributed by atoms with E-state index >= 15 is 0 Å². The lowest BCUT2D eigenvalue weighted by molar-refractivity contribution is 0.721. The monoisotopic (exact) mass is 255 g/mol. The van der Waals surface area contributed by atoms with Crippen LogP contribution in [-0.2, 0) is 6.54 Å². The fourth-order valence-corrected chi connectivity index (χ4v) is 1.91. The van der Waals surface area contributed by atoms with Gasteiger partial charge in [0.1, 0.15) is 0 Å². The lowest BCUT2D eigenvalue weighted by atomic mass is 10.5. The molecule has 0 aromatic carbocycles. The maximum absolute atomic E-state index is 11.7. The van der Waals surface area contributed by atoms with Crippen molar-refractivity contribution in [1.82, 2.24) is 14.0 Å². The van der Waals surface area contributed by atoms with Gasteiger partial charge in [-0.25, -0.2) is 4.98 Å². The van der Waals surface area contributed by atoms with Crippen LogP contribution in [0.5, 0.6) is 0 Å². The van der Waals surface area contributed by atoms with Crippen LogP contribution < -0.4 is 5.56 Å². The Kier molecular flexibility index (Phi) is 2.19. The zero-order chi connectivity index (χ0) is 10.3. The van der Waals surface area contributed by atoms with E-state index in [4.69, 9.17) is 0 Å². The second-order valence-corrected chi connectivity index (χ2v) is 3.97. The predicted molar refractivity (Wildman–Crippen MR) is 57.6 cm³/mol.